The highest BCUT2D eigenvalue weighted by Crippen LogP contribution is 2.52. The number of nitrogen functional groups attached to an aromatic ring is 1. The van der Waals surface area contributed by atoms with Gasteiger partial charge in [0, 0.05) is 28.4 Å². The second kappa shape index (κ2) is 12.5. The molecule has 2 aromatic rings. The number of hydrogen-bond acceptors (Lipinski definition) is 13. The van der Waals surface area contributed by atoms with Crippen molar-refractivity contribution in [2.24, 2.45) is 16.5 Å². The fourth-order valence-corrected chi connectivity index (χ4v) is 8.22. The number of aliphatic hydroxyl groups is 1. The number of Topliss-reactive ketones (excluding diaryl/α,β-unsaturated/α-hetero) is 1. The number of aryl methyl sites for hydroxylation is 1. The first kappa shape index (κ1) is 31.7. The molecule has 0 unspecified atom stereocenters. The largest absolute Gasteiger partial charge is 0.459 e. The number of nitrogens with two attached hydrogens (primary N) is 3. The summed E-state index contributed by atoms with van der Waals surface area (Å²) in [5.74, 6) is 3.09. The molecule has 13 heteroatoms. The number of nitriles is 1. The van der Waals surface area contributed by atoms with Crippen molar-refractivity contribution in [3.8, 4) is 24.3 Å². The van der Waals surface area contributed by atoms with Crippen molar-refractivity contribution in [2.45, 2.75) is 74.5 Å². The molecule has 3 atom stereocenters. The van der Waals surface area contributed by atoms with Crippen LogP contribution in [-0.2, 0) is 21.4 Å². The molecule has 4 heterocycles. The van der Waals surface area contributed by atoms with Crippen LogP contribution in [0.1, 0.15) is 66.8 Å². The summed E-state index contributed by atoms with van der Waals surface area (Å²) in [4.78, 5) is 31.3. The van der Waals surface area contributed by atoms with Crippen molar-refractivity contribution in [3.05, 3.63) is 45.2 Å². The molecule has 0 amide bonds. The summed E-state index contributed by atoms with van der Waals surface area (Å²) in [7, 11) is 2.01. The topological polar surface area (TPSA) is 199 Å². The lowest BCUT2D eigenvalue weighted by atomic mass is 9.61. The molecule has 2 saturated heterocycles. The number of likely N-dealkylation sites (N-methyl/N-ethyl adjacent to an activating group) is 1. The van der Waals surface area contributed by atoms with Gasteiger partial charge in [-0.2, -0.15) is 10.2 Å². The van der Waals surface area contributed by atoms with E-state index in [1.807, 2.05) is 7.05 Å². The highest BCUT2D eigenvalue weighted by atomic mass is 32.1. The molecule has 0 radical (unpaired) electrons. The SMILES string of the molecule is C#C[C@H](Oc1cc(/N=C/C=C(\N)C2(O)COC2)nc(/C(N)=C2\CCC[C@@]3(CCCc4sc(N)c(C#N)c43)C2=O)n1)[C@@H]1CCCN1C. The third kappa shape index (κ3) is 5.54. The predicted octanol–water partition coefficient (Wildman–Crippen LogP) is 2.47. The lowest BCUT2D eigenvalue weighted by Crippen LogP contribution is -2.53. The van der Waals surface area contributed by atoms with Crippen LogP contribution in [0.5, 0.6) is 5.88 Å². The molecular formula is C33H38N8O4S. The number of fused-ring (bicyclic) bond motifs is 2. The molecule has 2 aliphatic carbocycles. The number of ketones is 1. The molecule has 46 heavy (non-hydrogen) atoms. The van der Waals surface area contributed by atoms with Crippen molar-refractivity contribution in [1.29, 1.82) is 5.26 Å². The van der Waals surface area contributed by atoms with Crippen LogP contribution in [0.25, 0.3) is 5.70 Å². The summed E-state index contributed by atoms with van der Waals surface area (Å²) in [6, 6.07) is 3.81. The number of hydrogen-bond donors (Lipinski definition) is 4. The predicted molar refractivity (Wildman–Crippen MR) is 175 cm³/mol. The molecule has 12 nitrogen and oxygen atoms in total. The van der Waals surface area contributed by atoms with Crippen LogP contribution in [0, 0.1) is 23.7 Å². The van der Waals surface area contributed by atoms with Gasteiger partial charge in [-0.3, -0.25) is 9.69 Å². The first-order valence-electron chi connectivity index (χ1n) is 15.5. The fraction of sp³-hybridized carbons (Fsp3) is 0.485. The number of nitrogens with zero attached hydrogens (tertiary/aromatic N) is 5. The Kier molecular flexibility index (Phi) is 8.61. The molecular weight excluding hydrogens is 604 g/mol. The number of aromatic nitrogens is 2. The number of terminal acetylenes is 1. The van der Waals surface area contributed by atoms with E-state index in [4.69, 9.17) is 33.1 Å². The van der Waals surface area contributed by atoms with Gasteiger partial charge in [0.1, 0.15) is 11.1 Å². The Hall–Kier alpha value is -4.27. The monoisotopic (exact) mass is 642 g/mol. The number of rotatable bonds is 7. The quantitative estimate of drug-likeness (QED) is 0.197. The Morgan fingerprint density at radius 1 is 1.30 bits per heavy atom. The summed E-state index contributed by atoms with van der Waals surface area (Å²) >= 11 is 1.40. The molecule has 3 fully saturated rings. The summed E-state index contributed by atoms with van der Waals surface area (Å²) in [5.41, 5.74) is 18.9. The van der Waals surface area contributed by atoms with Crippen LogP contribution in [0.3, 0.4) is 0 Å². The van der Waals surface area contributed by atoms with Gasteiger partial charge in [0.15, 0.2) is 29.1 Å². The average Bonchev–Trinajstić information content (AvgIpc) is 3.61. The van der Waals surface area contributed by atoms with Crippen molar-refractivity contribution >= 4 is 39.9 Å². The van der Waals surface area contributed by atoms with E-state index < -0.39 is 17.1 Å². The Morgan fingerprint density at radius 2 is 2.07 bits per heavy atom. The van der Waals surface area contributed by atoms with Crippen molar-refractivity contribution < 1.29 is 19.4 Å². The molecule has 0 bridgehead atoms. The third-order valence-electron chi connectivity index (χ3n) is 9.62. The van der Waals surface area contributed by atoms with Gasteiger partial charge in [-0.25, -0.2) is 9.98 Å². The first-order valence-corrected chi connectivity index (χ1v) is 16.3. The maximum atomic E-state index is 14.4. The lowest BCUT2D eigenvalue weighted by molar-refractivity contribution is -0.154. The number of anilines is 1. The van der Waals surface area contributed by atoms with Crippen LogP contribution in [0.4, 0.5) is 10.8 Å². The maximum absolute atomic E-state index is 14.4. The molecule has 4 aliphatic rings. The van der Waals surface area contributed by atoms with E-state index in [0.717, 1.165) is 42.7 Å². The van der Waals surface area contributed by atoms with Gasteiger partial charge in [-0.15, -0.1) is 17.8 Å². The standard InChI is InChI=1S/C33H38N8O4S/c1-3-22(21-8-6-14-41(21)2)45-26-15-25(38-13-10-24(35)33(43)17-44-18-33)39-31(40-26)28(36)19-7-4-11-32(29(19)42)12-5-9-23-27(32)20(16-34)30(37)46-23/h1,10,13,15,21-22,43H,4-9,11-12,14,17-18,35-37H2,2H3/b24-10-,28-19-,38-13+/t21-,22-,32-/m0/s1. The summed E-state index contributed by atoms with van der Waals surface area (Å²) in [6.45, 7) is 1.13. The molecule has 0 aromatic carbocycles. The van der Waals surface area contributed by atoms with Crippen LogP contribution in [-0.4, -0.2) is 76.5 Å². The van der Waals surface area contributed by atoms with Gasteiger partial charge in [-0.05, 0) is 76.6 Å². The zero-order valence-electron chi connectivity index (χ0n) is 25.8. The van der Waals surface area contributed by atoms with Crippen LogP contribution in [0.2, 0.25) is 0 Å². The van der Waals surface area contributed by atoms with E-state index in [9.17, 15) is 15.2 Å². The number of carbonyl (C=O) groups is 1. The molecule has 2 aromatic heterocycles. The molecule has 1 saturated carbocycles. The number of likely N-dealkylation sites (tertiary alicyclic amines) is 1. The van der Waals surface area contributed by atoms with E-state index in [0.29, 0.717) is 41.8 Å². The highest BCUT2D eigenvalue weighted by Gasteiger charge is 2.49. The Balaban J connectivity index is 1.39. The van der Waals surface area contributed by atoms with Gasteiger partial charge < -0.3 is 31.8 Å². The van der Waals surface area contributed by atoms with E-state index in [1.165, 1.54) is 23.6 Å². The van der Waals surface area contributed by atoms with Crippen LogP contribution < -0.4 is 21.9 Å². The Bertz CT molecular complexity index is 1730. The van der Waals surface area contributed by atoms with Crippen molar-refractivity contribution in [3.63, 3.8) is 0 Å². The van der Waals surface area contributed by atoms with Gasteiger partial charge in [0.05, 0.1) is 35.9 Å². The second-order valence-electron chi connectivity index (χ2n) is 12.5. The summed E-state index contributed by atoms with van der Waals surface area (Å²) < 4.78 is 11.3. The van der Waals surface area contributed by atoms with Crippen molar-refractivity contribution in [2.75, 3.05) is 32.5 Å². The number of aliphatic imine (C=N–C) groups is 1. The molecule has 7 N–H and O–H groups in total. The Labute approximate surface area is 272 Å². The number of allylic oxidation sites excluding steroid dienone is 2. The molecule has 2 aliphatic heterocycles. The van der Waals surface area contributed by atoms with Crippen LogP contribution >= 0.6 is 11.3 Å². The molecule has 1 spiro atoms. The fourth-order valence-electron chi connectivity index (χ4n) is 7.06. The summed E-state index contributed by atoms with van der Waals surface area (Å²) in [5, 5.41) is 20.8. The third-order valence-corrected chi connectivity index (χ3v) is 10.7. The van der Waals surface area contributed by atoms with Gasteiger partial charge in [-0.1, -0.05) is 5.92 Å². The van der Waals surface area contributed by atoms with E-state index >= 15 is 0 Å². The normalized spacial score (nSPS) is 26.3. The highest BCUT2D eigenvalue weighted by molar-refractivity contribution is 7.16. The summed E-state index contributed by atoms with van der Waals surface area (Å²) in [6.07, 6.45) is 14.1. The van der Waals surface area contributed by atoms with Gasteiger partial charge >= 0.3 is 0 Å². The Morgan fingerprint density at radius 3 is 2.72 bits per heavy atom. The van der Waals surface area contributed by atoms with Crippen molar-refractivity contribution in [1.82, 2.24) is 14.9 Å². The minimum Gasteiger partial charge on any atom is -0.459 e. The van der Waals surface area contributed by atoms with Gasteiger partial charge in [0.25, 0.3) is 0 Å². The number of carbonyl (C=O) groups excluding carboxylic acids is 1. The number of thiophene rings is 1. The van der Waals surface area contributed by atoms with Crippen LogP contribution in [0.15, 0.2) is 28.4 Å². The van der Waals surface area contributed by atoms with Gasteiger partial charge in [0.2, 0.25) is 5.88 Å². The minimum atomic E-state index is -1.23. The van der Waals surface area contributed by atoms with E-state index in [-0.39, 0.29) is 54.0 Å². The minimum absolute atomic E-state index is 0.00638. The van der Waals surface area contributed by atoms with E-state index in [2.05, 4.69) is 31.8 Å². The average molecular weight is 643 g/mol. The first-order chi connectivity index (χ1) is 22.1. The zero-order valence-corrected chi connectivity index (χ0v) is 26.6. The zero-order chi connectivity index (χ0) is 32.6. The maximum Gasteiger partial charge on any atom is 0.220 e. The lowest BCUT2D eigenvalue weighted by Gasteiger charge is -2.40. The van der Waals surface area contributed by atoms with E-state index in [1.54, 1.807) is 6.07 Å². The smallest absolute Gasteiger partial charge is 0.220 e. The molecule has 240 valence electrons. The number of ether oxygens (including phenoxy) is 2. The second-order valence-corrected chi connectivity index (χ2v) is 13.6. The molecule has 6 rings (SSSR count).